The highest BCUT2D eigenvalue weighted by atomic mass is 16.2. The van der Waals surface area contributed by atoms with Gasteiger partial charge in [-0.25, -0.2) is 0 Å². The fraction of sp³-hybridized carbons (Fsp3) is 0.346. The van der Waals surface area contributed by atoms with Gasteiger partial charge in [0.25, 0.3) is 0 Å². The second-order valence-corrected chi connectivity index (χ2v) is 9.01. The number of para-hydroxylation sites is 1. The fourth-order valence-corrected chi connectivity index (χ4v) is 4.55. The molecule has 2 N–H and O–H groups in total. The number of aromatic nitrogens is 1. The van der Waals surface area contributed by atoms with E-state index in [4.69, 9.17) is 0 Å². The number of aryl methyl sites for hydroxylation is 2. The van der Waals surface area contributed by atoms with Crippen LogP contribution in [0.2, 0.25) is 0 Å². The molecule has 0 radical (unpaired) electrons. The van der Waals surface area contributed by atoms with Crippen LogP contribution in [0.4, 0.5) is 11.4 Å². The summed E-state index contributed by atoms with van der Waals surface area (Å²) in [6, 6.07) is 13.4. The molecule has 0 aliphatic carbocycles. The van der Waals surface area contributed by atoms with E-state index in [2.05, 4.69) is 33.5 Å². The summed E-state index contributed by atoms with van der Waals surface area (Å²) in [7, 11) is 5.90. The van der Waals surface area contributed by atoms with Crippen molar-refractivity contribution in [3.63, 3.8) is 0 Å². The van der Waals surface area contributed by atoms with Crippen LogP contribution in [-0.2, 0) is 21.4 Å². The highest BCUT2D eigenvalue weighted by Gasteiger charge is 2.25. The fourth-order valence-electron chi connectivity index (χ4n) is 4.55. The first-order valence-electron chi connectivity index (χ1n) is 11.5. The minimum absolute atomic E-state index is 0.0764. The quantitative estimate of drug-likeness (QED) is 0.553. The van der Waals surface area contributed by atoms with E-state index in [1.165, 1.54) is 0 Å². The summed E-state index contributed by atoms with van der Waals surface area (Å²) in [4.78, 5) is 41.1. The Kier molecular flexibility index (Phi) is 6.70. The summed E-state index contributed by atoms with van der Waals surface area (Å²) in [5.41, 5.74) is 4.40. The highest BCUT2D eigenvalue weighted by molar-refractivity contribution is 6.39. The Morgan fingerprint density at radius 3 is 2.59 bits per heavy atom. The number of nitrogens with one attached hydrogen (secondary N) is 2. The number of hydrogen-bond donors (Lipinski definition) is 2. The zero-order chi connectivity index (χ0) is 24.4. The van der Waals surface area contributed by atoms with Gasteiger partial charge in [0.15, 0.2) is 0 Å². The summed E-state index contributed by atoms with van der Waals surface area (Å²) in [5.74, 6) is -1.36. The van der Waals surface area contributed by atoms with Crippen molar-refractivity contribution < 1.29 is 14.4 Å². The van der Waals surface area contributed by atoms with Gasteiger partial charge < -0.3 is 25.0 Å². The van der Waals surface area contributed by atoms with E-state index in [-0.39, 0.29) is 18.5 Å². The highest BCUT2D eigenvalue weighted by Crippen LogP contribution is 2.29. The molecule has 2 heterocycles. The molecule has 0 saturated carbocycles. The number of carbonyl (C=O) groups excluding carboxylic acids is 3. The monoisotopic (exact) mass is 461 g/mol. The lowest BCUT2D eigenvalue weighted by atomic mass is 10.0. The molecule has 4 rings (SSSR count). The molecular weight excluding hydrogens is 430 g/mol. The van der Waals surface area contributed by atoms with Crippen molar-refractivity contribution in [3.05, 3.63) is 59.8 Å². The third kappa shape index (κ3) is 4.68. The van der Waals surface area contributed by atoms with E-state index in [0.29, 0.717) is 18.7 Å². The van der Waals surface area contributed by atoms with Gasteiger partial charge in [-0.3, -0.25) is 14.4 Å². The van der Waals surface area contributed by atoms with Crippen LogP contribution in [0.15, 0.2) is 48.7 Å². The maximum absolute atomic E-state index is 12.6. The van der Waals surface area contributed by atoms with E-state index < -0.39 is 11.8 Å². The number of hydrogen-bond acceptors (Lipinski definition) is 4. The molecule has 8 heteroatoms. The van der Waals surface area contributed by atoms with Crippen molar-refractivity contribution in [3.8, 4) is 0 Å². The number of benzene rings is 2. The standard InChI is InChI=1S/C26H31N5O3/c1-17-11-12-18(14-22(17)31-13-7-10-24(31)32)28-26(34)25(33)27-15-23(29(2)3)20-16-30(4)21-9-6-5-8-19(20)21/h5-6,8-9,11-12,14,16,23H,7,10,13,15H2,1-4H3,(H,27,33)(H,28,34). The van der Waals surface area contributed by atoms with Gasteiger partial charge in [0, 0.05) is 55.0 Å². The Morgan fingerprint density at radius 1 is 1.12 bits per heavy atom. The van der Waals surface area contributed by atoms with Crippen LogP contribution >= 0.6 is 0 Å². The lowest BCUT2D eigenvalue weighted by Gasteiger charge is -2.24. The van der Waals surface area contributed by atoms with Crippen LogP contribution in [0.3, 0.4) is 0 Å². The molecule has 1 fully saturated rings. The zero-order valence-corrected chi connectivity index (χ0v) is 20.1. The third-order valence-electron chi connectivity index (χ3n) is 6.40. The smallest absolute Gasteiger partial charge is 0.313 e. The van der Waals surface area contributed by atoms with Gasteiger partial charge in [-0.2, -0.15) is 0 Å². The molecule has 1 aliphatic heterocycles. The summed E-state index contributed by atoms with van der Waals surface area (Å²) < 4.78 is 2.07. The lowest BCUT2D eigenvalue weighted by Crippen LogP contribution is -2.40. The average Bonchev–Trinajstić information content (AvgIpc) is 3.38. The van der Waals surface area contributed by atoms with E-state index in [1.807, 2.05) is 51.2 Å². The molecular formula is C26H31N5O3. The number of fused-ring (bicyclic) bond motifs is 1. The minimum Gasteiger partial charge on any atom is -0.350 e. The first-order chi connectivity index (χ1) is 16.3. The average molecular weight is 462 g/mol. The minimum atomic E-state index is -0.738. The summed E-state index contributed by atoms with van der Waals surface area (Å²) in [5, 5.41) is 6.56. The maximum Gasteiger partial charge on any atom is 0.313 e. The Morgan fingerprint density at radius 2 is 1.88 bits per heavy atom. The van der Waals surface area contributed by atoms with E-state index in [0.717, 1.165) is 34.1 Å². The first kappa shape index (κ1) is 23.5. The van der Waals surface area contributed by atoms with Crippen LogP contribution in [-0.4, -0.2) is 54.4 Å². The summed E-state index contributed by atoms with van der Waals surface area (Å²) in [6.07, 6.45) is 3.41. The Hall–Kier alpha value is -3.65. The number of anilines is 2. The van der Waals surface area contributed by atoms with Gasteiger partial charge in [0.05, 0.1) is 6.04 Å². The summed E-state index contributed by atoms with van der Waals surface area (Å²) in [6.45, 7) is 2.88. The second kappa shape index (κ2) is 9.69. The molecule has 2 aromatic carbocycles. The van der Waals surface area contributed by atoms with Crippen LogP contribution in [0, 0.1) is 6.92 Å². The third-order valence-corrected chi connectivity index (χ3v) is 6.40. The van der Waals surface area contributed by atoms with Gasteiger partial charge in [-0.05, 0) is 56.8 Å². The molecule has 1 aromatic heterocycles. The SMILES string of the molecule is Cc1ccc(NC(=O)C(=O)NCC(c2cn(C)c3ccccc23)N(C)C)cc1N1CCCC1=O. The second-order valence-electron chi connectivity index (χ2n) is 9.01. The molecule has 34 heavy (non-hydrogen) atoms. The first-order valence-corrected chi connectivity index (χ1v) is 11.5. The molecule has 1 aliphatic rings. The molecule has 8 nitrogen and oxygen atoms in total. The van der Waals surface area contributed by atoms with Gasteiger partial charge in [0.2, 0.25) is 5.91 Å². The van der Waals surface area contributed by atoms with E-state index in [1.54, 1.807) is 17.0 Å². The normalized spacial score (nSPS) is 14.6. The van der Waals surface area contributed by atoms with E-state index >= 15 is 0 Å². The molecule has 3 amide bonds. The maximum atomic E-state index is 12.6. The summed E-state index contributed by atoms with van der Waals surface area (Å²) >= 11 is 0. The topological polar surface area (TPSA) is 86.7 Å². The van der Waals surface area contributed by atoms with Crippen molar-refractivity contribution in [2.45, 2.75) is 25.8 Å². The Bertz CT molecular complexity index is 1250. The van der Waals surface area contributed by atoms with Gasteiger partial charge in [0.1, 0.15) is 0 Å². The van der Waals surface area contributed by atoms with Crippen LogP contribution in [0.25, 0.3) is 10.9 Å². The number of rotatable bonds is 6. The van der Waals surface area contributed by atoms with E-state index in [9.17, 15) is 14.4 Å². The lowest BCUT2D eigenvalue weighted by molar-refractivity contribution is -0.136. The molecule has 1 atom stereocenters. The molecule has 1 unspecified atom stereocenters. The number of likely N-dealkylation sites (N-methyl/N-ethyl adjacent to an activating group) is 1. The van der Waals surface area contributed by atoms with Gasteiger partial charge >= 0.3 is 11.8 Å². The van der Waals surface area contributed by atoms with Crippen LogP contribution in [0.5, 0.6) is 0 Å². The van der Waals surface area contributed by atoms with Crippen molar-refractivity contribution in [1.82, 2.24) is 14.8 Å². The molecule has 0 bridgehead atoms. The van der Waals surface area contributed by atoms with Gasteiger partial charge in [-0.15, -0.1) is 0 Å². The van der Waals surface area contributed by atoms with Crippen LogP contribution < -0.4 is 15.5 Å². The number of carbonyl (C=O) groups is 3. The Labute approximate surface area is 199 Å². The predicted octanol–water partition coefficient (Wildman–Crippen LogP) is 2.97. The zero-order valence-electron chi connectivity index (χ0n) is 20.1. The van der Waals surface area contributed by atoms with Crippen molar-refractivity contribution in [2.24, 2.45) is 7.05 Å². The molecule has 0 spiro atoms. The largest absolute Gasteiger partial charge is 0.350 e. The van der Waals surface area contributed by atoms with Gasteiger partial charge in [-0.1, -0.05) is 24.3 Å². The Balaban J connectivity index is 1.44. The molecule has 178 valence electrons. The van der Waals surface area contributed by atoms with Crippen molar-refractivity contribution in [1.29, 1.82) is 0 Å². The van der Waals surface area contributed by atoms with Crippen LogP contribution in [0.1, 0.15) is 30.0 Å². The number of amides is 3. The van der Waals surface area contributed by atoms with Crippen molar-refractivity contribution >= 4 is 40.0 Å². The predicted molar refractivity (Wildman–Crippen MR) is 134 cm³/mol. The number of nitrogens with zero attached hydrogens (tertiary/aromatic N) is 3. The molecule has 1 saturated heterocycles. The van der Waals surface area contributed by atoms with Crippen molar-refractivity contribution in [2.75, 3.05) is 37.4 Å². The molecule has 3 aromatic rings.